The maximum absolute atomic E-state index is 14.8. The first-order valence-electron chi connectivity index (χ1n) is 22.7. The molecule has 1 heterocycles. The van der Waals surface area contributed by atoms with E-state index >= 15 is 0 Å². The Labute approximate surface area is 380 Å². The van der Waals surface area contributed by atoms with Gasteiger partial charge in [-0.25, -0.2) is 4.79 Å². The van der Waals surface area contributed by atoms with Gasteiger partial charge in [-0.05, 0) is 61.4 Å². The molecule has 16 nitrogen and oxygen atoms in total. The van der Waals surface area contributed by atoms with Crippen molar-refractivity contribution in [2.45, 2.75) is 128 Å². The summed E-state index contributed by atoms with van der Waals surface area (Å²) >= 11 is 0. The second kappa shape index (κ2) is 20.5. The molecule has 2 bridgehead atoms. The summed E-state index contributed by atoms with van der Waals surface area (Å²) < 4.78 is 28.6. The summed E-state index contributed by atoms with van der Waals surface area (Å²) in [6.45, 7) is 12.1. The molecular formula is C49H66N2O14. The van der Waals surface area contributed by atoms with E-state index in [1.54, 1.807) is 95.3 Å². The summed E-state index contributed by atoms with van der Waals surface area (Å²) in [6.07, 6.45) is -7.17. The smallest absolute Gasteiger partial charge is 0.350 e. The molecular weight excluding hydrogens is 841 g/mol. The number of fused-ring (bicyclic) bond motifs is 5. The molecule has 0 radical (unpaired) electrons. The van der Waals surface area contributed by atoms with Gasteiger partial charge in [0.25, 0.3) is 5.91 Å². The highest BCUT2D eigenvalue weighted by atomic mass is 16.6. The zero-order valence-electron chi connectivity index (χ0n) is 38.2. The van der Waals surface area contributed by atoms with Gasteiger partial charge in [-0.15, -0.1) is 0 Å². The Balaban J connectivity index is 1.30. The number of carbonyl (C=O) groups is 5. The fraction of sp³-hybridized carbons (Fsp3) is 0.612. The molecule has 2 amide bonds. The first-order valence-corrected chi connectivity index (χ1v) is 22.7. The van der Waals surface area contributed by atoms with Crippen molar-refractivity contribution >= 4 is 29.5 Å². The van der Waals surface area contributed by atoms with E-state index < -0.39 is 106 Å². The van der Waals surface area contributed by atoms with Crippen molar-refractivity contribution < 1.29 is 68.1 Å². The number of aliphatic hydroxyl groups excluding tert-OH is 2. The van der Waals surface area contributed by atoms with Crippen molar-refractivity contribution in [3.05, 3.63) is 82.9 Å². The van der Waals surface area contributed by atoms with Gasteiger partial charge >= 0.3 is 11.9 Å². The highest BCUT2D eigenvalue weighted by Gasteiger charge is 2.71. The molecule has 356 valence electrons. The number of aliphatic hydroxyl groups is 4. The molecule has 2 aromatic rings. The number of amides is 2. The minimum atomic E-state index is -1.89. The van der Waals surface area contributed by atoms with Gasteiger partial charge in [0, 0.05) is 49.3 Å². The molecule has 11 atom stereocenters. The van der Waals surface area contributed by atoms with Gasteiger partial charge in [-0.2, -0.15) is 0 Å². The minimum Gasteiger partial charge on any atom is -0.455 e. The van der Waals surface area contributed by atoms with Crippen molar-refractivity contribution in [1.29, 1.82) is 0 Å². The quantitative estimate of drug-likeness (QED) is 0.0716. The van der Waals surface area contributed by atoms with E-state index in [2.05, 4.69) is 10.6 Å². The summed E-state index contributed by atoms with van der Waals surface area (Å²) in [5, 5.41) is 54.2. The highest BCUT2D eigenvalue weighted by molar-refractivity contribution is 5.95. The van der Waals surface area contributed by atoms with E-state index in [-0.39, 0.29) is 62.2 Å². The number of ether oxygens (including phenoxy) is 5. The lowest BCUT2D eigenvalue weighted by molar-refractivity contribution is -0.323. The Kier molecular flexibility index (Phi) is 15.8. The lowest BCUT2D eigenvalue weighted by Gasteiger charge is -2.62. The number of carbonyl (C=O) groups excluding carboxylic acids is 5. The number of hydrogen-bond acceptors (Lipinski definition) is 14. The normalized spacial score (nSPS) is 31.3. The monoisotopic (exact) mass is 906 g/mol. The lowest BCUT2D eigenvalue weighted by Crippen LogP contribution is -2.75. The van der Waals surface area contributed by atoms with Crippen LogP contribution < -0.4 is 10.6 Å². The first kappa shape index (κ1) is 49.9. The van der Waals surface area contributed by atoms with Crippen LogP contribution in [0.2, 0.25) is 0 Å². The van der Waals surface area contributed by atoms with Gasteiger partial charge in [-0.3, -0.25) is 19.2 Å². The standard InChI is InChI=1S/C49H66N2O14/c1-7-21-61-23-24-62-22-20-50-36(53)18-19-37(54)65-41(39(31-14-10-8-11-15-31)51-44(57)32-16-12-9-13-17-32)45(58)64-33-27-48(59)26-29(2)42-47(6,34(52)25-35-49(42,60)28-63-35)43(56)40(55)38(30(33)3)46(48,4)5/h8-17,29,33-35,39-42,52,55,59-60H,7,18-28H2,1-6H3,(H,50,53)(H,51,57)/t29?,33?,34?,35?,39?,40?,41?,42?,47-,48?,49+/m1/s1. The average molecular weight is 907 g/mol. The number of nitrogens with one attached hydrogen (secondary N) is 2. The van der Waals surface area contributed by atoms with Crippen molar-refractivity contribution in [3.63, 3.8) is 0 Å². The highest BCUT2D eigenvalue weighted by Crippen LogP contribution is 2.61. The van der Waals surface area contributed by atoms with Crippen LogP contribution in [-0.2, 0) is 42.9 Å². The van der Waals surface area contributed by atoms with Gasteiger partial charge < -0.3 is 54.7 Å². The SMILES string of the molecule is CCCOCCOCCNC(=O)CCC(=O)OC(C(=O)OC1CC2(O)CC(C)C3[C@]4(O)COC4CC(O)[C@@]3(C)C(=O)C(O)C(=C1C)C2(C)C)C(NC(=O)c1ccccc1)c1ccccc1. The van der Waals surface area contributed by atoms with E-state index in [0.29, 0.717) is 25.4 Å². The Morgan fingerprint density at radius 2 is 1.54 bits per heavy atom. The number of rotatable bonds is 18. The van der Waals surface area contributed by atoms with Crippen LogP contribution in [-0.4, -0.2) is 131 Å². The molecule has 2 aromatic carbocycles. The minimum absolute atomic E-state index is 0.0286. The summed E-state index contributed by atoms with van der Waals surface area (Å²) in [4.78, 5) is 69.8. The molecule has 3 fully saturated rings. The van der Waals surface area contributed by atoms with Gasteiger partial charge in [0.15, 0.2) is 5.78 Å². The van der Waals surface area contributed by atoms with E-state index in [1.165, 1.54) is 0 Å². The summed E-state index contributed by atoms with van der Waals surface area (Å²) in [6, 6.07) is 15.3. The third-order valence-corrected chi connectivity index (χ3v) is 14.3. The van der Waals surface area contributed by atoms with Crippen molar-refractivity contribution in [3.8, 4) is 0 Å². The van der Waals surface area contributed by atoms with Crippen LogP contribution in [0, 0.1) is 22.7 Å². The molecule has 0 spiro atoms. The molecule has 6 rings (SSSR count). The zero-order chi connectivity index (χ0) is 47.3. The van der Waals surface area contributed by atoms with Crippen LogP contribution in [0.4, 0.5) is 0 Å². The number of Topliss-reactive ketones (excluding diaryl/α,β-unsaturated/α-hetero) is 1. The number of benzene rings is 2. The fourth-order valence-corrected chi connectivity index (χ4v) is 10.7. The maximum atomic E-state index is 14.8. The predicted octanol–water partition coefficient (Wildman–Crippen LogP) is 3.29. The van der Waals surface area contributed by atoms with Gasteiger partial charge in [0.05, 0.1) is 56.1 Å². The molecule has 1 saturated heterocycles. The van der Waals surface area contributed by atoms with Crippen molar-refractivity contribution in [2.75, 3.05) is 39.6 Å². The molecule has 0 aromatic heterocycles. The molecule has 9 unspecified atom stereocenters. The third kappa shape index (κ3) is 10.1. The molecule has 3 aliphatic carbocycles. The molecule has 16 heteroatoms. The van der Waals surface area contributed by atoms with Crippen LogP contribution in [0.3, 0.4) is 0 Å². The molecule has 4 aliphatic rings. The first-order chi connectivity index (χ1) is 30.8. The Bertz CT molecular complexity index is 2060. The third-order valence-electron chi connectivity index (χ3n) is 14.3. The van der Waals surface area contributed by atoms with Crippen LogP contribution in [0.5, 0.6) is 0 Å². The Morgan fingerprint density at radius 3 is 2.17 bits per heavy atom. The van der Waals surface area contributed by atoms with E-state index in [9.17, 15) is 44.4 Å². The van der Waals surface area contributed by atoms with Gasteiger partial charge in [0.1, 0.15) is 23.9 Å². The molecule has 65 heavy (non-hydrogen) atoms. The second-order valence-electron chi connectivity index (χ2n) is 18.8. The van der Waals surface area contributed by atoms with Crippen molar-refractivity contribution in [1.82, 2.24) is 10.6 Å². The predicted molar refractivity (Wildman–Crippen MR) is 235 cm³/mol. The van der Waals surface area contributed by atoms with Gasteiger partial charge in [0.2, 0.25) is 12.0 Å². The van der Waals surface area contributed by atoms with Crippen LogP contribution in [0.25, 0.3) is 0 Å². The lowest BCUT2D eigenvalue weighted by atomic mass is 9.50. The van der Waals surface area contributed by atoms with Gasteiger partial charge in [-0.1, -0.05) is 76.2 Å². The molecule has 6 N–H and O–H groups in total. The summed E-state index contributed by atoms with van der Waals surface area (Å²) in [5.74, 6) is -5.40. The maximum Gasteiger partial charge on any atom is 0.350 e. The molecule has 1 aliphatic heterocycles. The van der Waals surface area contributed by atoms with Crippen LogP contribution >= 0.6 is 0 Å². The van der Waals surface area contributed by atoms with Crippen LogP contribution in [0.1, 0.15) is 102 Å². The number of hydrogen-bond donors (Lipinski definition) is 6. The van der Waals surface area contributed by atoms with E-state index in [0.717, 1.165) is 6.42 Å². The zero-order valence-corrected chi connectivity index (χ0v) is 38.2. The summed E-state index contributed by atoms with van der Waals surface area (Å²) in [7, 11) is 0. The number of esters is 2. The largest absolute Gasteiger partial charge is 0.455 e. The van der Waals surface area contributed by atoms with E-state index in [1.807, 2.05) is 6.92 Å². The molecule has 2 saturated carbocycles. The average Bonchev–Trinajstić information content (AvgIpc) is 3.28. The van der Waals surface area contributed by atoms with E-state index in [4.69, 9.17) is 23.7 Å². The topological polar surface area (TPSA) is 236 Å². The second-order valence-corrected chi connectivity index (χ2v) is 18.8. The number of ketones is 1. The fourth-order valence-electron chi connectivity index (χ4n) is 10.7. The summed E-state index contributed by atoms with van der Waals surface area (Å²) in [5.41, 5.74) is -5.23. The van der Waals surface area contributed by atoms with Crippen LogP contribution in [0.15, 0.2) is 71.8 Å². The van der Waals surface area contributed by atoms with Crippen molar-refractivity contribution in [2.24, 2.45) is 22.7 Å². The Morgan fingerprint density at radius 1 is 0.892 bits per heavy atom. The Hall–Kier alpha value is -4.55.